The predicted molar refractivity (Wildman–Crippen MR) is 115 cm³/mol. The molecule has 0 saturated heterocycles. The molecule has 0 bridgehead atoms. The molecule has 1 aliphatic rings. The van der Waals surface area contributed by atoms with E-state index in [1.807, 2.05) is 18.2 Å². The number of likely N-dealkylation sites (N-methyl/N-ethyl adjacent to an activating group) is 1. The Bertz CT molecular complexity index is 721. The summed E-state index contributed by atoms with van der Waals surface area (Å²) in [6.07, 6.45) is 2.86. The highest BCUT2D eigenvalue weighted by molar-refractivity contribution is 7.90. The van der Waals surface area contributed by atoms with E-state index in [0.29, 0.717) is 19.4 Å². The van der Waals surface area contributed by atoms with Gasteiger partial charge in [-0.25, -0.2) is 13.1 Å². The van der Waals surface area contributed by atoms with Crippen molar-refractivity contribution in [2.45, 2.75) is 64.2 Å². The average Bonchev–Trinajstić information content (AvgIpc) is 2.65. The normalized spacial score (nSPS) is 20.6. The van der Waals surface area contributed by atoms with Gasteiger partial charge in [0.25, 0.3) is 0 Å². The molecule has 1 fully saturated rings. The van der Waals surface area contributed by atoms with E-state index in [2.05, 4.69) is 34.0 Å². The average molecular weight is 410 g/mol. The van der Waals surface area contributed by atoms with Crippen LogP contribution in [0.1, 0.15) is 53.4 Å². The number of benzene rings is 1. The van der Waals surface area contributed by atoms with Crippen molar-refractivity contribution in [1.82, 2.24) is 10.0 Å². The van der Waals surface area contributed by atoms with Gasteiger partial charge in [0.05, 0.1) is 4.75 Å². The number of nitrogens with zero attached hydrogens (tertiary/aromatic N) is 1. The van der Waals surface area contributed by atoms with Crippen molar-refractivity contribution in [1.29, 1.82) is 0 Å². The van der Waals surface area contributed by atoms with E-state index in [1.165, 1.54) is 0 Å². The van der Waals surface area contributed by atoms with Crippen LogP contribution in [0.15, 0.2) is 30.3 Å². The summed E-state index contributed by atoms with van der Waals surface area (Å²) >= 11 is 0. The van der Waals surface area contributed by atoms with Gasteiger partial charge in [-0.2, -0.15) is 0 Å². The fraction of sp³-hybridized carbons (Fsp3) is 0.667. The SMILES string of the molecule is CCN(CCNC(=O)[C@H]1CC[C@H](NS(=O)(=O)C(C)(C)C)CC1)c1ccccc1. The fourth-order valence-corrected chi connectivity index (χ4v) is 4.46. The molecule has 0 aliphatic heterocycles. The van der Waals surface area contributed by atoms with Crippen LogP contribution in [-0.2, 0) is 14.8 Å². The van der Waals surface area contributed by atoms with Crippen molar-refractivity contribution < 1.29 is 13.2 Å². The van der Waals surface area contributed by atoms with E-state index in [4.69, 9.17) is 0 Å². The van der Waals surface area contributed by atoms with Crippen molar-refractivity contribution in [3.8, 4) is 0 Å². The van der Waals surface area contributed by atoms with E-state index in [1.54, 1.807) is 20.8 Å². The maximum atomic E-state index is 12.5. The van der Waals surface area contributed by atoms with Crippen LogP contribution < -0.4 is 14.9 Å². The molecule has 158 valence electrons. The second-order valence-corrected chi connectivity index (χ2v) is 11.0. The van der Waals surface area contributed by atoms with Gasteiger partial charge in [0.15, 0.2) is 0 Å². The summed E-state index contributed by atoms with van der Waals surface area (Å²) in [5, 5.41) is 3.06. The standard InChI is InChI=1S/C21H35N3O3S/c1-5-24(19-9-7-6-8-10-19)16-15-22-20(25)17-11-13-18(14-12-17)23-28(26,27)21(2,3)4/h6-10,17-18,23H,5,11-16H2,1-4H3,(H,22,25)/t17-,18-. The second kappa shape index (κ2) is 9.74. The van der Waals surface area contributed by atoms with Crippen LogP contribution in [0, 0.1) is 5.92 Å². The van der Waals surface area contributed by atoms with Gasteiger partial charge in [-0.1, -0.05) is 18.2 Å². The second-order valence-electron chi connectivity index (χ2n) is 8.49. The minimum Gasteiger partial charge on any atom is -0.370 e. The lowest BCUT2D eigenvalue weighted by molar-refractivity contribution is -0.125. The first-order valence-electron chi connectivity index (χ1n) is 10.2. The van der Waals surface area contributed by atoms with Crippen molar-refractivity contribution in [2.24, 2.45) is 5.92 Å². The molecule has 0 heterocycles. The number of rotatable bonds is 8. The van der Waals surface area contributed by atoms with E-state index in [0.717, 1.165) is 31.6 Å². The molecule has 1 amide bonds. The Kier molecular flexibility index (Phi) is 7.89. The summed E-state index contributed by atoms with van der Waals surface area (Å²) in [4.78, 5) is 14.7. The number of sulfonamides is 1. The lowest BCUT2D eigenvalue weighted by Gasteiger charge is -2.31. The molecule has 6 nitrogen and oxygen atoms in total. The molecule has 0 aromatic heterocycles. The molecule has 2 N–H and O–H groups in total. The molecular weight excluding hydrogens is 374 g/mol. The zero-order valence-corrected chi connectivity index (χ0v) is 18.4. The van der Waals surface area contributed by atoms with Crippen LogP contribution in [0.2, 0.25) is 0 Å². The first kappa shape index (κ1) is 22.7. The zero-order chi connectivity index (χ0) is 20.8. The van der Waals surface area contributed by atoms with Crippen molar-refractivity contribution in [3.05, 3.63) is 30.3 Å². The smallest absolute Gasteiger partial charge is 0.223 e. The van der Waals surface area contributed by atoms with Crippen molar-refractivity contribution in [3.63, 3.8) is 0 Å². The highest BCUT2D eigenvalue weighted by Gasteiger charge is 2.33. The van der Waals surface area contributed by atoms with Crippen molar-refractivity contribution in [2.75, 3.05) is 24.5 Å². The van der Waals surface area contributed by atoms with Gasteiger partial charge in [0.2, 0.25) is 15.9 Å². The number of hydrogen-bond acceptors (Lipinski definition) is 4. The van der Waals surface area contributed by atoms with Gasteiger partial charge in [0.1, 0.15) is 0 Å². The van der Waals surface area contributed by atoms with Gasteiger partial charge >= 0.3 is 0 Å². The number of para-hydroxylation sites is 1. The van der Waals surface area contributed by atoms with Gasteiger partial charge in [-0.15, -0.1) is 0 Å². The molecule has 0 spiro atoms. The Morgan fingerprint density at radius 2 is 1.71 bits per heavy atom. The van der Waals surface area contributed by atoms with E-state index in [9.17, 15) is 13.2 Å². The highest BCUT2D eigenvalue weighted by atomic mass is 32.2. The van der Waals surface area contributed by atoms with Gasteiger partial charge in [-0.05, 0) is 65.5 Å². The number of carbonyl (C=O) groups is 1. The summed E-state index contributed by atoms with van der Waals surface area (Å²) in [6, 6.07) is 10.1. The van der Waals surface area contributed by atoms with Crippen LogP contribution in [0.4, 0.5) is 5.69 Å². The third-order valence-corrected chi connectivity index (χ3v) is 7.67. The monoisotopic (exact) mass is 409 g/mol. The molecular formula is C21H35N3O3S. The largest absolute Gasteiger partial charge is 0.370 e. The van der Waals surface area contributed by atoms with E-state index < -0.39 is 14.8 Å². The third-order valence-electron chi connectivity index (χ3n) is 5.41. The fourth-order valence-electron chi connectivity index (χ4n) is 3.44. The Labute approximate surface area is 170 Å². The van der Waals surface area contributed by atoms with E-state index >= 15 is 0 Å². The summed E-state index contributed by atoms with van der Waals surface area (Å²) in [5.74, 6) is 0.0587. The Morgan fingerprint density at radius 3 is 2.25 bits per heavy atom. The summed E-state index contributed by atoms with van der Waals surface area (Å²) in [7, 11) is -3.34. The van der Waals surface area contributed by atoms with Crippen LogP contribution in [0.3, 0.4) is 0 Å². The molecule has 7 heteroatoms. The highest BCUT2D eigenvalue weighted by Crippen LogP contribution is 2.26. The van der Waals surface area contributed by atoms with Crippen LogP contribution in [0.5, 0.6) is 0 Å². The van der Waals surface area contributed by atoms with Gasteiger partial charge in [-0.3, -0.25) is 4.79 Å². The lowest BCUT2D eigenvalue weighted by atomic mass is 9.86. The molecule has 0 unspecified atom stereocenters. The van der Waals surface area contributed by atoms with Gasteiger partial charge in [0, 0.05) is 37.3 Å². The summed E-state index contributed by atoms with van der Waals surface area (Å²) in [6.45, 7) is 9.47. The molecule has 1 saturated carbocycles. The zero-order valence-electron chi connectivity index (χ0n) is 17.6. The topological polar surface area (TPSA) is 78.5 Å². The first-order valence-corrected chi connectivity index (χ1v) is 11.7. The summed E-state index contributed by atoms with van der Waals surface area (Å²) in [5.41, 5.74) is 1.16. The van der Waals surface area contributed by atoms with Crippen molar-refractivity contribution >= 4 is 21.6 Å². The quantitative estimate of drug-likeness (QED) is 0.692. The number of carbonyl (C=O) groups excluding carboxylic acids is 1. The third kappa shape index (κ3) is 6.21. The molecule has 2 rings (SSSR count). The number of amides is 1. The molecule has 1 aliphatic carbocycles. The predicted octanol–water partition coefficient (Wildman–Crippen LogP) is 2.91. The maximum absolute atomic E-state index is 12.5. The molecule has 1 aromatic carbocycles. The molecule has 28 heavy (non-hydrogen) atoms. The molecule has 0 radical (unpaired) electrons. The molecule has 0 atom stereocenters. The Hall–Kier alpha value is -1.60. The van der Waals surface area contributed by atoms with Crippen LogP contribution >= 0.6 is 0 Å². The Morgan fingerprint density at radius 1 is 1.11 bits per heavy atom. The van der Waals surface area contributed by atoms with Crippen LogP contribution in [0.25, 0.3) is 0 Å². The number of anilines is 1. The minimum absolute atomic E-state index is 0.0257. The number of hydrogen-bond donors (Lipinski definition) is 2. The van der Waals surface area contributed by atoms with E-state index in [-0.39, 0.29) is 17.9 Å². The van der Waals surface area contributed by atoms with Crippen LogP contribution in [-0.4, -0.2) is 44.7 Å². The number of nitrogens with one attached hydrogen (secondary N) is 2. The first-order chi connectivity index (χ1) is 13.1. The lowest BCUT2D eigenvalue weighted by Crippen LogP contribution is -2.47. The summed E-state index contributed by atoms with van der Waals surface area (Å²) < 4.78 is 26.6. The maximum Gasteiger partial charge on any atom is 0.223 e. The van der Waals surface area contributed by atoms with Gasteiger partial charge < -0.3 is 10.2 Å². The Balaban J connectivity index is 1.75. The molecule has 1 aromatic rings. The minimum atomic E-state index is -3.34.